The highest BCUT2D eigenvalue weighted by Gasteiger charge is 2.07. The average Bonchev–Trinajstić information content (AvgIpc) is 2.65. The van der Waals surface area contributed by atoms with Gasteiger partial charge in [-0.05, 0) is 43.3 Å². The maximum Gasteiger partial charge on any atom is 0.234 e. The summed E-state index contributed by atoms with van der Waals surface area (Å²) < 4.78 is 0. The molecule has 2 rings (SSSR count). The summed E-state index contributed by atoms with van der Waals surface area (Å²) in [5, 5.41) is 8.30. The molecule has 6 nitrogen and oxygen atoms in total. The molecule has 2 aromatic carbocycles. The van der Waals surface area contributed by atoms with E-state index in [1.807, 2.05) is 31.2 Å². The quantitative estimate of drug-likeness (QED) is 0.647. The summed E-state index contributed by atoms with van der Waals surface area (Å²) in [6, 6.07) is 14.4. The van der Waals surface area contributed by atoms with Crippen LogP contribution in [0.25, 0.3) is 0 Å². The molecule has 7 heteroatoms. The van der Waals surface area contributed by atoms with Gasteiger partial charge in [0.25, 0.3) is 0 Å². The second kappa shape index (κ2) is 10.4. The van der Waals surface area contributed by atoms with Crippen molar-refractivity contribution in [2.24, 2.45) is 0 Å². The van der Waals surface area contributed by atoms with E-state index in [9.17, 15) is 14.4 Å². The Morgan fingerprint density at radius 1 is 0.704 bits per heavy atom. The number of nitrogens with one attached hydrogen (secondary N) is 3. The largest absolute Gasteiger partial charge is 0.326 e. The Kier molecular flexibility index (Phi) is 7.88. The van der Waals surface area contributed by atoms with E-state index < -0.39 is 0 Å². The molecule has 142 valence electrons. The highest BCUT2D eigenvalue weighted by Crippen LogP contribution is 2.15. The fourth-order valence-corrected chi connectivity index (χ4v) is 2.77. The van der Waals surface area contributed by atoms with Crippen molar-refractivity contribution in [1.29, 1.82) is 0 Å². The molecule has 0 heterocycles. The first kappa shape index (κ1) is 20.5. The predicted octanol–water partition coefficient (Wildman–Crippen LogP) is 3.65. The molecule has 3 amide bonds. The van der Waals surface area contributed by atoms with Gasteiger partial charge in [0.05, 0.1) is 11.5 Å². The number of carbonyl (C=O) groups excluding carboxylic acids is 3. The van der Waals surface area contributed by atoms with Crippen LogP contribution in [0.15, 0.2) is 48.5 Å². The standard InChI is InChI=1S/C20H23N3O3S/c1-3-18(24)21-16-8-10-17(11-9-16)23-20(26)13-27-12-19(25)22-15-6-4-14(2)5-7-15/h4-11H,3,12-13H2,1-2H3,(H,21,24)(H,22,25)(H,23,26). The summed E-state index contributed by atoms with van der Waals surface area (Å²) in [5.41, 5.74) is 3.19. The minimum Gasteiger partial charge on any atom is -0.326 e. The maximum absolute atomic E-state index is 12.0. The first-order valence-electron chi connectivity index (χ1n) is 8.60. The van der Waals surface area contributed by atoms with Gasteiger partial charge >= 0.3 is 0 Å². The van der Waals surface area contributed by atoms with Crippen molar-refractivity contribution in [1.82, 2.24) is 0 Å². The summed E-state index contributed by atoms with van der Waals surface area (Å²) in [6.07, 6.45) is 0.410. The van der Waals surface area contributed by atoms with Gasteiger partial charge in [-0.3, -0.25) is 14.4 Å². The van der Waals surface area contributed by atoms with Gasteiger partial charge in [-0.15, -0.1) is 11.8 Å². The fourth-order valence-electron chi connectivity index (χ4n) is 2.15. The van der Waals surface area contributed by atoms with Crippen LogP contribution >= 0.6 is 11.8 Å². The van der Waals surface area contributed by atoms with Gasteiger partial charge in [-0.2, -0.15) is 0 Å². The highest BCUT2D eigenvalue weighted by atomic mass is 32.2. The van der Waals surface area contributed by atoms with E-state index in [0.29, 0.717) is 17.8 Å². The molecule has 2 aromatic rings. The van der Waals surface area contributed by atoms with E-state index in [4.69, 9.17) is 0 Å². The zero-order valence-electron chi connectivity index (χ0n) is 15.4. The molecule has 0 radical (unpaired) electrons. The van der Waals surface area contributed by atoms with Crippen LogP contribution in [0.3, 0.4) is 0 Å². The molecule has 0 saturated carbocycles. The molecule has 0 aliphatic carbocycles. The second-order valence-corrected chi connectivity index (χ2v) is 6.92. The number of aryl methyl sites for hydroxylation is 1. The van der Waals surface area contributed by atoms with Crippen LogP contribution in [0, 0.1) is 6.92 Å². The molecule has 0 unspecified atom stereocenters. The first-order valence-corrected chi connectivity index (χ1v) is 9.75. The van der Waals surface area contributed by atoms with E-state index >= 15 is 0 Å². The van der Waals surface area contributed by atoms with E-state index in [1.165, 1.54) is 11.8 Å². The van der Waals surface area contributed by atoms with Crippen LogP contribution in [-0.4, -0.2) is 29.2 Å². The van der Waals surface area contributed by atoms with Crippen LogP contribution in [0.5, 0.6) is 0 Å². The Morgan fingerprint density at radius 3 is 1.48 bits per heavy atom. The number of rotatable bonds is 8. The minimum atomic E-state index is -0.187. The first-order chi connectivity index (χ1) is 13.0. The molecule has 0 bridgehead atoms. The Bertz CT molecular complexity index is 789. The fraction of sp³-hybridized carbons (Fsp3) is 0.250. The topological polar surface area (TPSA) is 87.3 Å². The lowest BCUT2D eigenvalue weighted by atomic mass is 10.2. The van der Waals surface area contributed by atoms with Gasteiger partial charge in [0.15, 0.2) is 0 Å². The zero-order chi connectivity index (χ0) is 19.6. The smallest absolute Gasteiger partial charge is 0.234 e. The third-order valence-corrected chi connectivity index (χ3v) is 4.51. The van der Waals surface area contributed by atoms with Crippen molar-refractivity contribution in [2.45, 2.75) is 20.3 Å². The Labute approximate surface area is 163 Å². The van der Waals surface area contributed by atoms with Gasteiger partial charge in [0.2, 0.25) is 17.7 Å². The number of hydrogen-bond acceptors (Lipinski definition) is 4. The van der Waals surface area contributed by atoms with E-state index in [1.54, 1.807) is 31.2 Å². The monoisotopic (exact) mass is 385 g/mol. The predicted molar refractivity (Wildman–Crippen MR) is 111 cm³/mol. The lowest BCUT2D eigenvalue weighted by Gasteiger charge is -2.08. The zero-order valence-corrected chi connectivity index (χ0v) is 16.2. The normalized spacial score (nSPS) is 10.1. The maximum atomic E-state index is 12.0. The van der Waals surface area contributed by atoms with Crippen LogP contribution < -0.4 is 16.0 Å². The van der Waals surface area contributed by atoms with Crippen LogP contribution in [0.1, 0.15) is 18.9 Å². The summed E-state index contributed by atoms with van der Waals surface area (Å²) in [5.74, 6) is -0.0212. The molecule has 0 atom stereocenters. The molecule has 27 heavy (non-hydrogen) atoms. The molecule has 0 saturated heterocycles. The van der Waals surface area contributed by atoms with Gasteiger partial charge in [0.1, 0.15) is 0 Å². The van der Waals surface area contributed by atoms with Gasteiger partial charge < -0.3 is 16.0 Å². The van der Waals surface area contributed by atoms with Crippen molar-refractivity contribution in [3.8, 4) is 0 Å². The lowest BCUT2D eigenvalue weighted by molar-refractivity contribution is -0.116. The number of carbonyl (C=O) groups is 3. The molecular weight excluding hydrogens is 362 g/mol. The van der Waals surface area contributed by atoms with Gasteiger partial charge in [-0.1, -0.05) is 24.6 Å². The van der Waals surface area contributed by atoms with Crippen molar-refractivity contribution < 1.29 is 14.4 Å². The van der Waals surface area contributed by atoms with Crippen molar-refractivity contribution in [3.05, 3.63) is 54.1 Å². The Balaban J connectivity index is 1.70. The number of thioether (sulfide) groups is 1. The second-order valence-electron chi connectivity index (χ2n) is 5.93. The van der Waals surface area contributed by atoms with E-state index in [0.717, 1.165) is 11.3 Å². The minimum absolute atomic E-state index is 0.0629. The van der Waals surface area contributed by atoms with Crippen LogP contribution in [0.2, 0.25) is 0 Å². The van der Waals surface area contributed by atoms with Crippen LogP contribution in [0.4, 0.5) is 17.1 Å². The van der Waals surface area contributed by atoms with Gasteiger partial charge in [0, 0.05) is 23.5 Å². The van der Waals surface area contributed by atoms with Gasteiger partial charge in [-0.25, -0.2) is 0 Å². The third kappa shape index (κ3) is 7.53. The van der Waals surface area contributed by atoms with E-state index in [2.05, 4.69) is 16.0 Å². The molecule has 0 fully saturated rings. The van der Waals surface area contributed by atoms with Crippen LogP contribution in [-0.2, 0) is 14.4 Å². The lowest BCUT2D eigenvalue weighted by Crippen LogP contribution is -2.18. The summed E-state index contributed by atoms with van der Waals surface area (Å²) in [6.45, 7) is 3.76. The number of anilines is 3. The number of hydrogen-bond donors (Lipinski definition) is 3. The third-order valence-electron chi connectivity index (χ3n) is 3.58. The van der Waals surface area contributed by atoms with Crippen molar-refractivity contribution >= 4 is 46.5 Å². The average molecular weight is 385 g/mol. The SMILES string of the molecule is CCC(=O)Nc1ccc(NC(=O)CSCC(=O)Nc2ccc(C)cc2)cc1. The Hall–Kier alpha value is -2.80. The Morgan fingerprint density at radius 2 is 1.07 bits per heavy atom. The van der Waals surface area contributed by atoms with Crippen molar-refractivity contribution in [2.75, 3.05) is 27.5 Å². The summed E-state index contributed by atoms with van der Waals surface area (Å²) >= 11 is 1.24. The highest BCUT2D eigenvalue weighted by molar-refractivity contribution is 8.00. The summed E-state index contributed by atoms with van der Waals surface area (Å²) in [7, 11) is 0. The molecule has 0 spiro atoms. The number of benzene rings is 2. The molecule has 0 aliphatic heterocycles. The molecular formula is C20H23N3O3S. The number of amides is 3. The van der Waals surface area contributed by atoms with E-state index in [-0.39, 0.29) is 29.2 Å². The molecule has 3 N–H and O–H groups in total. The summed E-state index contributed by atoms with van der Waals surface area (Å²) in [4.78, 5) is 35.2. The van der Waals surface area contributed by atoms with Crippen molar-refractivity contribution in [3.63, 3.8) is 0 Å². The molecule has 0 aromatic heterocycles. The molecule has 0 aliphatic rings.